The SMILES string of the molecule is Cc1ccc(-c2nc(C3CC(c4ccccc4O)=NN3)cs2)cc1. The molecule has 0 amide bonds. The molecule has 2 N–H and O–H groups in total. The Bertz CT molecular complexity index is 899. The molecule has 24 heavy (non-hydrogen) atoms. The summed E-state index contributed by atoms with van der Waals surface area (Å²) in [6.07, 6.45) is 0.717. The molecule has 0 aliphatic carbocycles. The summed E-state index contributed by atoms with van der Waals surface area (Å²) in [6.45, 7) is 2.08. The van der Waals surface area contributed by atoms with Gasteiger partial charge in [-0.2, -0.15) is 5.10 Å². The van der Waals surface area contributed by atoms with Crippen LogP contribution in [0.25, 0.3) is 10.6 Å². The van der Waals surface area contributed by atoms with Crippen molar-refractivity contribution in [3.05, 3.63) is 70.7 Å². The number of nitrogens with zero attached hydrogens (tertiary/aromatic N) is 2. The number of phenolic OH excluding ortho intramolecular Hbond substituents is 1. The third-order valence-corrected chi connectivity index (χ3v) is 5.05. The van der Waals surface area contributed by atoms with Crippen molar-refractivity contribution in [2.75, 3.05) is 0 Å². The molecule has 2 aromatic carbocycles. The van der Waals surface area contributed by atoms with Gasteiger partial charge in [0, 0.05) is 22.9 Å². The Kier molecular flexibility index (Phi) is 3.78. The normalized spacial score (nSPS) is 16.7. The molecule has 0 spiro atoms. The second-order valence-electron chi connectivity index (χ2n) is 5.91. The van der Waals surface area contributed by atoms with Crippen molar-refractivity contribution < 1.29 is 5.11 Å². The third kappa shape index (κ3) is 2.78. The molecule has 0 fully saturated rings. The molecule has 1 aliphatic rings. The van der Waals surface area contributed by atoms with Gasteiger partial charge in [-0.3, -0.25) is 0 Å². The molecule has 0 radical (unpaired) electrons. The summed E-state index contributed by atoms with van der Waals surface area (Å²) in [5.74, 6) is 0.261. The standard InChI is InChI=1S/C19H17N3OS/c1-12-6-8-13(9-7-12)19-20-17(11-24-19)16-10-15(21-22-16)14-4-2-3-5-18(14)23/h2-9,11,16,22-23H,10H2,1H3. The van der Waals surface area contributed by atoms with Gasteiger partial charge in [0.2, 0.25) is 0 Å². The molecule has 0 bridgehead atoms. The van der Waals surface area contributed by atoms with Gasteiger partial charge in [0.1, 0.15) is 10.8 Å². The van der Waals surface area contributed by atoms with E-state index in [1.165, 1.54) is 5.56 Å². The van der Waals surface area contributed by atoms with E-state index in [1.54, 1.807) is 17.4 Å². The van der Waals surface area contributed by atoms with E-state index in [2.05, 4.69) is 47.1 Å². The van der Waals surface area contributed by atoms with Gasteiger partial charge >= 0.3 is 0 Å². The zero-order valence-electron chi connectivity index (χ0n) is 13.2. The van der Waals surface area contributed by atoms with Gasteiger partial charge in [0.15, 0.2) is 0 Å². The summed E-state index contributed by atoms with van der Waals surface area (Å²) in [4.78, 5) is 4.76. The van der Waals surface area contributed by atoms with Gasteiger partial charge in [0.05, 0.1) is 17.4 Å². The van der Waals surface area contributed by atoms with Crippen molar-refractivity contribution in [2.24, 2.45) is 5.10 Å². The minimum atomic E-state index is 0.0510. The van der Waals surface area contributed by atoms with Crippen molar-refractivity contribution in [1.82, 2.24) is 10.4 Å². The molecular formula is C19H17N3OS. The average Bonchev–Trinajstić information content (AvgIpc) is 3.25. The molecule has 4 rings (SSSR count). The van der Waals surface area contributed by atoms with E-state index >= 15 is 0 Å². The Morgan fingerprint density at radius 3 is 2.71 bits per heavy atom. The molecule has 4 nitrogen and oxygen atoms in total. The molecule has 3 aromatic rings. The Balaban J connectivity index is 1.53. The van der Waals surface area contributed by atoms with Crippen LogP contribution >= 0.6 is 11.3 Å². The fourth-order valence-electron chi connectivity index (χ4n) is 2.77. The van der Waals surface area contributed by atoms with Crippen LogP contribution in [0.4, 0.5) is 0 Å². The second kappa shape index (κ2) is 6.09. The quantitative estimate of drug-likeness (QED) is 0.752. The van der Waals surface area contributed by atoms with Crippen LogP contribution in [-0.4, -0.2) is 15.8 Å². The van der Waals surface area contributed by atoms with Gasteiger partial charge in [-0.15, -0.1) is 11.3 Å². The van der Waals surface area contributed by atoms with Crippen LogP contribution in [0.1, 0.15) is 29.3 Å². The highest BCUT2D eigenvalue weighted by molar-refractivity contribution is 7.13. The number of phenols is 1. The zero-order chi connectivity index (χ0) is 16.5. The molecular weight excluding hydrogens is 318 g/mol. The lowest BCUT2D eigenvalue weighted by atomic mass is 10.0. The Labute approximate surface area is 144 Å². The molecule has 1 atom stereocenters. The lowest BCUT2D eigenvalue weighted by molar-refractivity contribution is 0.474. The predicted octanol–water partition coefficient (Wildman–Crippen LogP) is 4.26. The van der Waals surface area contributed by atoms with Crippen LogP contribution in [0.15, 0.2) is 59.0 Å². The Hall–Kier alpha value is -2.66. The van der Waals surface area contributed by atoms with Gasteiger partial charge in [-0.25, -0.2) is 4.98 Å². The number of hydrogen-bond acceptors (Lipinski definition) is 5. The number of aromatic nitrogens is 1. The number of benzene rings is 2. The van der Waals surface area contributed by atoms with E-state index < -0.39 is 0 Å². The van der Waals surface area contributed by atoms with E-state index in [9.17, 15) is 5.11 Å². The van der Waals surface area contributed by atoms with E-state index in [4.69, 9.17) is 4.98 Å². The van der Waals surface area contributed by atoms with Gasteiger partial charge in [0.25, 0.3) is 0 Å². The maximum absolute atomic E-state index is 9.98. The number of hydrogen-bond donors (Lipinski definition) is 2. The van der Waals surface area contributed by atoms with Crippen LogP contribution in [0.2, 0.25) is 0 Å². The van der Waals surface area contributed by atoms with Crippen molar-refractivity contribution in [1.29, 1.82) is 0 Å². The second-order valence-corrected chi connectivity index (χ2v) is 6.76. The average molecular weight is 335 g/mol. The van der Waals surface area contributed by atoms with Crippen molar-refractivity contribution in [3.63, 3.8) is 0 Å². The number of nitrogens with one attached hydrogen (secondary N) is 1. The topological polar surface area (TPSA) is 57.5 Å². The molecule has 1 aromatic heterocycles. The molecule has 2 heterocycles. The molecule has 1 unspecified atom stereocenters. The van der Waals surface area contributed by atoms with Crippen LogP contribution in [0.5, 0.6) is 5.75 Å². The maximum Gasteiger partial charge on any atom is 0.124 e. The first-order valence-corrected chi connectivity index (χ1v) is 8.71. The molecule has 0 saturated carbocycles. The lowest BCUT2D eigenvalue weighted by Crippen LogP contribution is -2.10. The molecule has 0 saturated heterocycles. The fraction of sp³-hybridized carbons (Fsp3) is 0.158. The number of hydrazone groups is 1. The van der Waals surface area contributed by atoms with Gasteiger partial charge in [-0.1, -0.05) is 42.0 Å². The van der Waals surface area contributed by atoms with Crippen molar-refractivity contribution in [2.45, 2.75) is 19.4 Å². The van der Waals surface area contributed by atoms with Crippen LogP contribution in [-0.2, 0) is 0 Å². The maximum atomic E-state index is 9.98. The molecule has 1 aliphatic heterocycles. The number of aryl methyl sites for hydroxylation is 1. The van der Waals surface area contributed by atoms with Crippen LogP contribution in [0.3, 0.4) is 0 Å². The number of para-hydroxylation sites is 1. The highest BCUT2D eigenvalue weighted by atomic mass is 32.1. The summed E-state index contributed by atoms with van der Waals surface area (Å²) < 4.78 is 0. The first-order valence-electron chi connectivity index (χ1n) is 7.83. The van der Waals surface area contributed by atoms with E-state index in [0.29, 0.717) is 6.42 Å². The predicted molar refractivity (Wildman–Crippen MR) is 97.4 cm³/mol. The highest BCUT2D eigenvalue weighted by Crippen LogP contribution is 2.31. The molecule has 120 valence electrons. The minimum Gasteiger partial charge on any atom is -0.507 e. The number of aromatic hydroxyl groups is 1. The van der Waals surface area contributed by atoms with Crippen molar-refractivity contribution in [3.8, 4) is 16.3 Å². The zero-order valence-corrected chi connectivity index (χ0v) is 14.0. The number of rotatable bonds is 3. The fourth-order valence-corrected chi connectivity index (χ4v) is 3.65. The first kappa shape index (κ1) is 14.9. The smallest absolute Gasteiger partial charge is 0.124 e. The van der Waals surface area contributed by atoms with E-state index in [1.807, 2.05) is 18.2 Å². The largest absolute Gasteiger partial charge is 0.507 e. The van der Waals surface area contributed by atoms with Crippen LogP contribution in [0, 0.1) is 6.92 Å². The van der Waals surface area contributed by atoms with Crippen molar-refractivity contribution >= 4 is 17.0 Å². The van der Waals surface area contributed by atoms with E-state index in [0.717, 1.165) is 27.5 Å². The summed E-state index contributed by atoms with van der Waals surface area (Å²) in [6, 6.07) is 15.7. The monoisotopic (exact) mass is 335 g/mol. The minimum absolute atomic E-state index is 0.0510. The molecule has 5 heteroatoms. The first-order chi connectivity index (χ1) is 11.7. The lowest BCUT2D eigenvalue weighted by Gasteiger charge is -2.06. The van der Waals surface area contributed by atoms with Gasteiger partial charge in [-0.05, 0) is 19.1 Å². The highest BCUT2D eigenvalue weighted by Gasteiger charge is 2.24. The Morgan fingerprint density at radius 2 is 1.92 bits per heavy atom. The summed E-state index contributed by atoms with van der Waals surface area (Å²) >= 11 is 1.64. The van der Waals surface area contributed by atoms with Gasteiger partial charge < -0.3 is 10.5 Å². The summed E-state index contributed by atoms with van der Waals surface area (Å²) in [5, 5.41) is 17.5. The third-order valence-electron chi connectivity index (χ3n) is 4.15. The summed E-state index contributed by atoms with van der Waals surface area (Å²) in [7, 11) is 0. The number of thiazole rings is 1. The van der Waals surface area contributed by atoms with E-state index in [-0.39, 0.29) is 11.8 Å². The summed E-state index contributed by atoms with van der Waals surface area (Å²) in [5.41, 5.74) is 8.16. The Morgan fingerprint density at radius 1 is 1.12 bits per heavy atom. The van der Waals surface area contributed by atoms with Crippen LogP contribution < -0.4 is 5.43 Å².